The highest BCUT2D eigenvalue weighted by atomic mass is 35.5. The lowest BCUT2D eigenvalue weighted by atomic mass is 9.97. The van der Waals surface area contributed by atoms with Crippen LogP contribution in [0.15, 0.2) is 29.2 Å². The van der Waals surface area contributed by atoms with Crippen LogP contribution in [-0.2, 0) is 14.8 Å². The third-order valence-corrected chi connectivity index (χ3v) is 7.05. The zero-order valence-corrected chi connectivity index (χ0v) is 16.4. The Labute approximate surface area is 164 Å². The maximum atomic E-state index is 13.8. The van der Waals surface area contributed by atoms with Crippen molar-refractivity contribution in [2.24, 2.45) is 11.8 Å². The first-order valence-corrected chi connectivity index (χ1v) is 10.2. The van der Waals surface area contributed by atoms with Crippen molar-refractivity contribution >= 4 is 28.3 Å². The van der Waals surface area contributed by atoms with Crippen molar-refractivity contribution in [1.82, 2.24) is 14.9 Å². The molecule has 2 saturated heterocycles. The summed E-state index contributed by atoms with van der Waals surface area (Å²) in [6, 6.07) is 5.31. The second-order valence-electron chi connectivity index (χ2n) is 6.84. The number of halogens is 2. The first kappa shape index (κ1) is 22.0. The summed E-state index contributed by atoms with van der Waals surface area (Å²) in [6.07, 6.45) is 0.332. The van der Waals surface area contributed by atoms with E-state index in [9.17, 15) is 22.7 Å². The summed E-state index contributed by atoms with van der Waals surface area (Å²) < 4.78 is 40.2. The van der Waals surface area contributed by atoms with E-state index in [1.807, 2.05) is 0 Å². The number of rotatable bonds is 5. The van der Waals surface area contributed by atoms with Gasteiger partial charge < -0.3 is 15.7 Å². The molecule has 3 N–H and O–H groups in total. The summed E-state index contributed by atoms with van der Waals surface area (Å²) >= 11 is 0. The van der Waals surface area contributed by atoms with Crippen molar-refractivity contribution in [3.63, 3.8) is 0 Å². The number of hydrogen-bond donors (Lipinski definition) is 3. The minimum absolute atomic E-state index is 0. The molecule has 2 atom stereocenters. The Bertz CT molecular complexity index is 756. The fourth-order valence-electron chi connectivity index (χ4n) is 3.45. The van der Waals surface area contributed by atoms with Crippen LogP contribution in [0.5, 0.6) is 0 Å². The Morgan fingerprint density at radius 3 is 2.52 bits per heavy atom. The summed E-state index contributed by atoms with van der Waals surface area (Å²) in [7, 11) is -3.89. The van der Waals surface area contributed by atoms with Gasteiger partial charge in [0.25, 0.3) is 0 Å². The van der Waals surface area contributed by atoms with Gasteiger partial charge in [0.1, 0.15) is 10.7 Å². The number of piperidine rings is 1. The third-order valence-electron chi connectivity index (χ3n) is 5.12. The van der Waals surface area contributed by atoms with Gasteiger partial charge in [-0.3, -0.25) is 4.79 Å². The highest BCUT2D eigenvalue weighted by Gasteiger charge is 2.34. The molecular weight excluding hydrogens is 397 g/mol. The SMILES string of the molecule is Cl.O=C(NCC1CNCC1O)C1CCN(S(=O)(=O)c2ccccc2F)CC1. The lowest BCUT2D eigenvalue weighted by Gasteiger charge is -2.30. The van der Waals surface area contributed by atoms with Gasteiger partial charge in [-0.05, 0) is 25.0 Å². The van der Waals surface area contributed by atoms with Gasteiger partial charge in [-0.2, -0.15) is 4.31 Å². The minimum Gasteiger partial charge on any atom is -0.391 e. The van der Waals surface area contributed by atoms with Crippen molar-refractivity contribution in [3.05, 3.63) is 30.1 Å². The van der Waals surface area contributed by atoms with Crippen LogP contribution in [0.1, 0.15) is 12.8 Å². The molecule has 7 nitrogen and oxygen atoms in total. The number of hydrogen-bond acceptors (Lipinski definition) is 5. The number of nitrogens with one attached hydrogen (secondary N) is 2. The first-order chi connectivity index (χ1) is 12.4. The van der Waals surface area contributed by atoms with E-state index in [0.29, 0.717) is 32.5 Å². The molecule has 0 aromatic heterocycles. The zero-order chi connectivity index (χ0) is 18.7. The van der Waals surface area contributed by atoms with Crippen LogP contribution in [0.3, 0.4) is 0 Å². The number of carbonyl (C=O) groups is 1. The standard InChI is InChI=1S/C17H24FN3O4S.ClH/c18-14-3-1-2-4-16(14)26(24,25)21-7-5-12(6-8-21)17(23)20-10-13-9-19-11-15(13)22;/h1-4,12-13,15,19,22H,5-11H2,(H,20,23);1H. The van der Waals surface area contributed by atoms with Crippen LogP contribution in [0.25, 0.3) is 0 Å². The molecule has 1 aromatic rings. The van der Waals surface area contributed by atoms with E-state index in [4.69, 9.17) is 0 Å². The lowest BCUT2D eigenvalue weighted by molar-refractivity contribution is -0.126. The van der Waals surface area contributed by atoms with E-state index >= 15 is 0 Å². The molecule has 0 bridgehead atoms. The smallest absolute Gasteiger partial charge is 0.245 e. The summed E-state index contributed by atoms with van der Waals surface area (Å²) in [6.45, 7) is 1.97. The zero-order valence-electron chi connectivity index (χ0n) is 14.8. The quantitative estimate of drug-likeness (QED) is 0.637. The molecule has 1 aromatic carbocycles. The molecule has 10 heteroatoms. The normalized spacial score (nSPS) is 24.4. The van der Waals surface area contributed by atoms with E-state index in [2.05, 4.69) is 10.6 Å². The van der Waals surface area contributed by atoms with E-state index in [-0.39, 0.29) is 48.1 Å². The maximum absolute atomic E-state index is 13.8. The molecule has 1 amide bonds. The maximum Gasteiger partial charge on any atom is 0.245 e. The Balaban J connectivity index is 0.00000261. The van der Waals surface area contributed by atoms with E-state index in [1.165, 1.54) is 22.5 Å². The molecule has 3 rings (SSSR count). The second kappa shape index (κ2) is 9.29. The number of aliphatic hydroxyl groups excluding tert-OH is 1. The van der Waals surface area contributed by atoms with Crippen molar-refractivity contribution < 1.29 is 22.7 Å². The highest BCUT2D eigenvalue weighted by molar-refractivity contribution is 7.89. The van der Waals surface area contributed by atoms with Crippen LogP contribution in [0.2, 0.25) is 0 Å². The topological polar surface area (TPSA) is 98.7 Å². The van der Waals surface area contributed by atoms with Gasteiger partial charge in [0.2, 0.25) is 15.9 Å². The van der Waals surface area contributed by atoms with Gasteiger partial charge in [-0.15, -0.1) is 12.4 Å². The van der Waals surface area contributed by atoms with Gasteiger partial charge in [0, 0.05) is 44.6 Å². The number of carbonyl (C=O) groups excluding carboxylic acids is 1. The van der Waals surface area contributed by atoms with Gasteiger partial charge in [0.15, 0.2) is 0 Å². The molecule has 27 heavy (non-hydrogen) atoms. The van der Waals surface area contributed by atoms with Gasteiger partial charge in [0.05, 0.1) is 6.10 Å². The predicted octanol–water partition coefficient (Wildman–Crippen LogP) is 0.345. The number of sulfonamides is 1. The largest absolute Gasteiger partial charge is 0.391 e. The summed E-state index contributed by atoms with van der Waals surface area (Å²) in [4.78, 5) is 12.0. The van der Waals surface area contributed by atoms with Crippen molar-refractivity contribution in [3.8, 4) is 0 Å². The van der Waals surface area contributed by atoms with E-state index < -0.39 is 21.9 Å². The molecular formula is C17H25ClFN3O4S. The van der Waals surface area contributed by atoms with Gasteiger partial charge in [-0.1, -0.05) is 12.1 Å². The van der Waals surface area contributed by atoms with E-state index in [0.717, 1.165) is 6.07 Å². The average molecular weight is 422 g/mol. The number of benzene rings is 1. The van der Waals surface area contributed by atoms with Crippen LogP contribution in [0.4, 0.5) is 4.39 Å². The number of β-amino-alcohol motifs (C(OH)–C–C–N with tert-alkyl or cyclic N) is 1. The van der Waals surface area contributed by atoms with Crippen LogP contribution in [0, 0.1) is 17.7 Å². The van der Waals surface area contributed by atoms with Gasteiger partial charge in [-0.25, -0.2) is 12.8 Å². The number of aliphatic hydroxyl groups is 1. The summed E-state index contributed by atoms with van der Waals surface area (Å²) in [5, 5.41) is 15.7. The van der Waals surface area contributed by atoms with Crippen LogP contribution in [-0.4, -0.2) is 62.6 Å². The Morgan fingerprint density at radius 2 is 1.93 bits per heavy atom. The fourth-order valence-corrected chi connectivity index (χ4v) is 4.99. The molecule has 2 unspecified atom stereocenters. The minimum atomic E-state index is -3.89. The molecule has 2 fully saturated rings. The second-order valence-corrected chi connectivity index (χ2v) is 8.75. The molecule has 0 radical (unpaired) electrons. The molecule has 2 aliphatic heterocycles. The third kappa shape index (κ3) is 4.97. The number of amides is 1. The van der Waals surface area contributed by atoms with Crippen molar-refractivity contribution in [2.75, 3.05) is 32.7 Å². The fraction of sp³-hybridized carbons (Fsp3) is 0.588. The molecule has 2 aliphatic rings. The predicted molar refractivity (Wildman–Crippen MR) is 101 cm³/mol. The monoisotopic (exact) mass is 421 g/mol. The molecule has 0 saturated carbocycles. The number of nitrogens with zero attached hydrogens (tertiary/aromatic N) is 1. The lowest BCUT2D eigenvalue weighted by Crippen LogP contribution is -2.44. The highest BCUT2D eigenvalue weighted by Crippen LogP contribution is 2.25. The van der Waals surface area contributed by atoms with Gasteiger partial charge >= 0.3 is 0 Å². The summed E-state index contributed by atoms with van der Waals surface area (Å²) in [5.74, 6) is -1.16. The molecule has 152 valence electrons. The van der Waals surface area contributed by atoms with Crippen LogP contribution < -0.4 is 10.6 Å². The Kier molecular flexibility index (Phi) is 7.58. The van der Waals surface area contributed by atoms with Crippen molar-refractivity contribution in [1.29, 1.82) is 0 Å². The molecule has 2 heterocycles. The molecule has 0 spiro atoms. The van der Waals surface area contributed by atoms with Crippen LogP contribution >= 0.6 is 12.4 Å². The first-order valence-electron chi connectivity index (χ1n) is 8.81. The molecule has 0 aliphatic carbocycles. The Hall–Kier alpha value is -1.26. The Morgan fingerprint density at radius 1 is 1.26 bits per heavy atom. The average Bonchev–Trinajstić information content (AvgIpc) is 3.05. The van der Waals surface area contributed by atoms with Crippen molar-refractivity contribution in [2.45, 2.75) is 23.8 Å². The van der Waals surface area contributed by atoms with E-state index in [1.54, 1.807) is 0 Å². The summed E-state index contributed by atoms with van der Waals surface area (Å²) in [5.41, 5.74) is 0.